The summed E-state index contributed by atoms with van der Waals surface area (Å²) < 4.78 is 5.48. The van der Waals surface area contributed by atoms with Crippen molar-refractivity contribution in [2.24, 2.45) is 5.92 Å². The first-order chi connectivity index (χ1) is 7.20. The van der Waals surface area contributed by atoms with E-state index in [1.165, 1.54) is 0 Å². The molecule has 15 heavy (non-hydrogen) atoms. The molecule has 0 fully saturated rings. The summed E-state index contributed by atoms with van der Waals surface area (Å²) in [5, 5.41) is 0. The number of benzene rings is 1. The number of ketones is 1. The van der Waals surface area contributed by atoms with Gasteiger partial charge in [0.1, 0.15) is 11.5 Å². The van der Waals surface area contributed by atoms with Crippen LogP contribution in [0.25, 0.3) is 0 Å². The fourth-order valence-corrected chi connectivity index (χ4v) is 1.24. The summed E-state index contributed by atoms with van der Waals surface area (Å²) in [6, 6.07) is 9.67. The molecule has 0 radical (unpaired) electrons. The molecule has 0 atom stereocenters. The third kappa shape index (κ3) is 4.63. The Hall–Kier alpha value is -1.31. The van der Waals surface area contributed by atoms with Crippen molar-refractivity contribution in [2.75, 3.05) is 6.61 Å². The number of rotatable bonds is 6. The SMILES string of the molecule is CC(C)C(=O)CCCOc1ccccc1. The number of carbonyl (C=O) groups is 1. The Bertz CT molecular complexity index is 291. The fourth-order valence-electron chi connectivity index (χ4n) is 1.24. The van der Waals surface area contributed by atoms with Crippen LogP contribution in [0.15, 0.2) is 30.3 Å². The third-order valence-electron chi connectivity index (χ3n) is 2.22. The molecular formula is C13H18O2. The Morgan fingerprint density at radius 1 is 1.27 bits per heavy atom. The zero-order valence-corrected chi connectivity index (χ0v) is 9.40. The van der Waals surface area contributed by atoms with Gasteiger partial charge in [0.2, 0.25) is 0 Å². The molecule has 2 nitrogen and oxygen atoms in total. The first-order valence-electron chi connectivity index (χ1n) is 5.40. The lowest BCUT2D eigenvalue weighted by atomic mass is 10.1. The normalized spacial score (nSPS) is 10.3. The molecule has 0 bridgehead atoms. The predicted molar refractivity (Wildman–Crippen MR) is 61.0 cm³/mol. The van der Waals surface area contributed by atoms with Crippen LogP contribution < -0.4 is 4.74 Å². The Balaban J connectivity index is 2.15. The molecule has 82 valence electrons. The average Bonchev–Trinajstić information content (AvgIpc) is 2.25. The maximum Gasteiger partial charge on any atom is 0.135 e. The Labute approximate surface area is 91.3 Å². The number of ether oxygens (including phenoxy) is 1. The second kappa shape index (κ2) is 6.23. The molecule has 2 heteroatoms. The highest BCUT2D eigenvalue weighted by Gasteiger charge is 2.06. The number of Topliss-reactive ketones (excluding diaryl/α,β-unsaturated/α-hetero) is 1. The second-order valence-electron chi connectivity index (χ2n) is 3.89. The predicted octanol–water partition coefficient (Wildman–Crippen LogP) is 3.07. The molecule has 0 unspecified atom stereocenters. The molecule has 0 aliphatic carbocycles. The van der Waals surface area contributed by atoms with E-state index in [0.29, 0.717) is 18.8 Å². The van der Waals surface area contributed by atoms with Crippen LogP contribution in [-0.4, -0.2) is 12.4 Å². The molecule has 0 aliphatic rings. The summed E-state index contributed by atoms with van der Waals surface area (Å²) in [6.07, 6.45) is 1.41. The van der Waals surface area contributed by atoms with E-state index in [1.807, 2.05) is 44.2 Å². The smallest absolute Gasteiger partial charge is 0.135 e. The van der Waals surface area contributed by atoms with Crippen molar-refractivity contribution in [3.05, 3.63) is 30.3 Å². The summed E-state index contributed by atoms with van der Waals surface area (Å²) in [5.41, 5.74) is 0. The molecule has 1 aromatic rings. The highest BCUT2D eigenvalue weighted by Crippen LogP contribution is 2.09. The van der Waals surface area contributed by atoms with Gasteiger partial charge >= 0.3 is 0 Å². The maximum atomic E-state index is 11.3. The first-order valence-corrected chi connectivity index (χ1v) is 5.40. The minimum Gasteiger partial charge on any atom is -0.494 e. The maximum absolute atomic E-state index is 11.3. The zero-order chi connectivity index (χ0) is 11.1. The van der Waals surface area contributed by atoms with Crippen LogP contribution in [-0.2, 0) is 4.79 Å². The van der Waals surface area contributed by atoms with E-state index in [2.05, 4.69) is 0 Å². The lowest BCUT2D eigenvalue weighted by Gasteiger charge is -2.06. The molecule has 0 aromatic heterocycles. The summed E-state index contributed by atoms with van der Waals surface area (Å²) in [7, 11) is 0. The number of carbonyl (C=O) groups excluding carboxylic acids is 1. The van der Waals surface area contributed by atoms with Crippen LogP contribution in [0.1, 0.15) is 26.7 Å². The van der Waals surface area contributed by atoms with Crippen molar-refractivity contribution < 1.29 is 9.53 Å². The summed E-state index contributed by atoms with van der Waals surface area (Å²) >= 11 is 0. The standard InChI is InChI=1S/C13H18O2/c1-11(2)13(14)9-6-10-15-12-7-4-3-5-8-12/h3-5,7-8,11H,6,9-10H2,1-2H3. The summed E-state index contributed by atoms with van der Waals surface area (Å²) in [6.45, 7) is 4.48. The number of hydrogen-bond donors (Lipinski definition) is 0. The van der Waals surface area contributed by atoms with E-state index in [0.717, 1.165) is 12.2 Å². The molecule has 0 spiro atoms. The minimum atomic E-state index is 0.140. The van der Waals surface area contributed by atoms with Crippen molar-refractivity contribution in [2.45, 2.75) is 26.7 Å². The van der Waals surface area contributed by atoms with Gasteiger partial charge in [-0.3, -0.25) is 4.79 Å². The molecule has 0 heterocycles. The molecule has 0 saturated carbocycles. The monoisotopic (exact) mass is 206 g/mol. The molecule has 0 saturated heterocycles. The summed E-state index contributed by atoms with van der Waals surface area (Å²) in [4.78, 5) is 11.3. The second-order valence-corrected chi connectivity index (χ2v) is 3.89. The van der Waals surface area contributed by atoms with Gasteiger partial charge in [-0.25, -0.2) is 0 Å². The van der Waals surface area contributed by atoms with Crippen molar-refractivity contribution in [1.82, 2.24) is 0 Å². The van der Waals surface area contributed by atoms with E-state index in [-0.39, 0.29) is 5.92 Å². The highest BCUT2D eigenvalue weighted by atomic mass is 16.5. The van der Waals surface area contributed by atoms with E-state index < -0.39 is 0 Å². The zero-order valence-electron chi connectivity index (χ0n) is 9.40. The van der Waals surface area contributed by atoms with E-state index >= 15 is 0 Å². The topological polar surface area (TPSA) is 26.3 Å². The number of hydrogen-bond acceptors (Lipinski definition) is 2. The van der Waals surface area contributed by atoms with Crippen LogP contribution in [0.5, 0.6) is 5.75 Å². The van der Waals surface area contributed by atoms with Crippen molar-refractivity contribution in [3.63, 3.8) is 0 Å². The molecule has 0 aliphatic heterocycles. The quantitative estimate of drug-likeness (QED) is 0.669. The molecule has 1 aromatic carbocycles. The van der Waals surface area contributed by atoms with Gasteiger partial charge in [0.15, 0.2) is 0 Å². The van der Waals surface area contributed by atoms with Crippen LogP contribution in [0.3, 0.4) is 0 Å². The lowest BCUT2D eigenvalue weighted by Crippen LogP contribution is -2.08. The molecule has 0 N–H and O–H groups in total. The lowest BCUT2D eigenvalue weighted by molar-refractivity contribution is -0.122. The molecule has 1 rings (SSSR count). The van der Waals surface area contributed by atoms with Gasteiger partial charge in [0.25, 0.3) is 0 Å². The van der Waals surface area contributed by atoms with Gasteiger partial charge < -0.3 is 4.74 Å². The van der Waals surface area contributed by atoms with Gasteiger partial charge in [-0.2, -0.15) is 0 Å². The van der Waals surface area contributed by atoms with Crippen LogP contribution in [0.4, 0.5) is 0 Å². The minimum absolute atomic E-state index is 0.140. The number of para-hydroxylation sites is 1. The largest absolute Gasteiger partial charge is 0.494 e. The highest BCUT2D eigenvalue weighted by molar-refractivity contribution is 5.80. The molecule has 0 amide bonds. The van der Waals surface area contributed by atoms with E-state index in [9.17, 15) is 4.79 Å². The van der Waals surface area contributed by atoms with E-state index in [4.69, 9.17) is 4.74 Å². The Morgan fingerprint density at radius 3 is 2.53 bits per heavy atom. The molecular weight excluding hydrogens is 188 g/mol. The van der Waals surface area contributed by atoms with Crippen LogP contribution in [0, 0.1) is 5.92 Å². The van der Waals surface area contributed by atoms with Crippen molar-refractivity contribution >= 4 is 5.78 Å². The Morgan fingerprint density at radius 2 is 1.93 bits per heavy atom. The van der Waals surface area contributed by atoms with Gasteiger partial charge in [0, 0.05) is 12.3 Å². The van der Waals surface area contributed by atoms with Gasteiger partial charge in [0.05, 0.1) is 6.61 Å². The average molecular weight is 206 g/mol. The summed E-state index contributed by atoms with van der Waals surface area (Å²) in [5.74, 6) is 1.32. The third-order valence-corrected chi connectivity index (χ3v) is 2.22. The van der Waals surface area contributed by atoms with Crippen LogP contribution in [0.2, 0.25) is 0 Å². The fraction of sp³-hybridized carbons (Fsp3) is 0.462. The first kappa shape index (κ1) is 11.8. The Kier molecular flexibility index (Phi) is 4.88. The van der Waals surface area contributed by atoms with E-state index in [1.54, 1.807) is 0 Å². The van der Waals surface area contributed by atoms with Gasteiger partial charge in [-0.05, 0) is 18.6 Å². The van der Waals surface area contributed by atoms with Crippen molar-refractivity contribution in [1.29, 1.82) is 0 Å². The van der Waals surface area contributed by atoms with Gasteiger partial charge in [-0.15, -0.1) is 0 Å². The van der Waals surface area contributed by atoms with Crippen LogP contribution >= 0.6 is 0 Å². The van der Waals surface area contributed by atoms with Gasteiger partial charge in [-0.1, -0.05) is 32.0 Å². The van der Waals surface area contributed by atoms with Crippen molar-refractivity contribution in [3.8, 4) is 5.75 Å².